The van der Waals surface area contributed by atoms with E-state index in [1.807, 2.05) is 5.32 Å². The van der Waals surface area contributed by atoms with Crippen molar-refractivity contribution in [2.75, 3.05) is 0 Å². The molecule has 0 saturated heterocycles. The highest BCUT2D eigenvalue weighted by Crippen LogP contribution is 2.43. The summed E-state index contributed by atoms with van der Waals surface area (Å²) in [5, 5.41) is 10.8. The van der Waals surface area contributed by atoms with Crippen LogP contribution in [-0.4, -0.2) is 34.5 Å². The zero-order valence-corrected chi connectivity index (χ0v) is 12.2. The molecule has 1 aliphatic carbocycles. The molecule has 1 rings (SSSR count). The fraction of sp³-hybridized carbons (Fsp3) is 0.846. The molecule has 0 aromatic carbocycles. The molecule has 0 spiro atoms. The molecule has 5 nitrogen and oxygen atoms in total. The van der Waals surface area contributed by atoms with Crippen LogP contribution in [-0.2, 0) is 9.53 Å². The minimum atomic E-state index is -4.66. The predicted octanol–water partition coefficient (Wildman–Crippen LogP) is 3.09. The van der Waals surface area contributed by atoms with Crippen molar-refractivity contribution in [2.45, 2.75) is 63.8 Å². The minimum absolute atomic E-state index is 0.134. The van der Waals surface area contributed by atoms with Crippen LogP contribution in [0.2, 0.25) is 0 Å². The SMILES string of the molecule is CC(C)(C)OC(=O)NC1(C(F)(F)F)CCC(C(=O)O)CC1. The summed E-state index contributed by atoms with van der Waals surface area (Å²) in [4.78, 5) is 22.5. The van der Waals surface area contributed by atoms with E-state index in [9.17, 15) is 22.8 Å². The lowest BCUT2D eigenvalue weighted by Crippen LogP contribution is -2.61. The van der Waals surface area contributed by atoms with E-state index in [1.165, 1.54) is 0 Å². The summed E-state index contributed by atoms with van der Waals surface area (Å²) < 4.78 is 44.8. The standard InChI is InChI=1S/C13H20F3NO4/c1-11(2,3)21-10(20)17-12(13(14,15)16)6-4-8(5-7-12)9(18)19/h8H,4-7H2,1-3H3,(H,17,20)(H,18,19). The Kier molecular flexibility index (Phi) is 4.80. The molecule has 0 aromatic heterocycles. The summed E-state index contributed by atoms with van der Waals surface area (Å²) >= 11 is 0. The molecule has 1 saturated carbocycles. The van der Waals surface area contributed by atoms with Crippen molar-refractivity contribution in [1.29, 1.82) is 0 Å². The number of hydrogen-bond donors (Lipinski definition) is 2. The van der Waals surface area contributed by atoms with Gasteiger partial charge in [-0.3, -0.25) is 4.79 Å². The molecular formula is C13H20F3NO4. The molecule has 122 valence electrons. The smallest absolute Gasteiger partial charge is 0.411 e. The molecule has 21 heavy (non-hydrogen) atoms. The van der Waals surface area contributed by atoms with E-state index in [-0.39, 0.29) is 12.8 Å². The number of aliphatic carboxylic acids is 1. The van der Waals surface area contributed by atoms with Crippen LogP contribution in [0.3, 0.4) is 0 Å². The van der Waals surface area contributed by atoms with Crippen molar-refractivity contribution in [2.24, 2.45) is 5.92 Å². The molecule has 1 fully saturated rings. The lowest BCUT2D eigenvalue weighted by atomic mass is 9.76. The Morgan fingerprint density at radius 1 is 1.19 bits per heavy atom. The van der Waals surface area contributed by atoms with Crippen LogP contribution < -0.4 is 5.32 Å². The molecule has 0 radical (unpaired) electrons. The van der Waals surface area contributed by atoms with Gasteiger partial charge in [0.1, 0.15) is 11.1 Å². The molecular weight excluding hydrogens is 291 g/mol. The maximum Gasteiger partial charge on any atom is 0.411 e. The average Bonchev–Trinajstić information content (AvgIpc) is 2.25. The van der Waals surface area contributed by atoms with Gasteiger partial charge in [-0.05, 0) is 46.5 Å². The summed E-state index contributed by atoms with van der Waals surface area (Å²) in [6.45, 7) is 4.65. The van der Waals surface area contributed by atoms with E-state index in [1.54, 1.807) is 20.8 Å². The Morgan fingerprint density at radius 2 is 1.67 bits per heavy atom. The molecule has 0 bridgehead atoms. The Hall–Kier alpha value is -1.47. The van der Waals surface area contributed by atoms with E-state index in [2.05, 4.69) is 0 Å². The molecule has 0 aliphatic heterocycles. The number of carboxylic acids is 1. The lowest BCUT2D eigenvalue weighted by Gasteiger charge is -2.41. The van der Waals surface area contributed by atoms with Crippen LogP contribution in [0, 0.1) is 5.92 Å². The topological polar surface area (TPSA) is 75.6 Å². The molecule has 2 N–H and O–H groups in total. The second-order valence-electron chi connectivity index (χ2n) is 6.32. The van der Waals surface area contributed by atoms with Crippen LogP contribution in [0.1, 0.15) is 46.5 Å². The van der Waals surface area contributed by atoms with Gasteiger partial charge in [-0.15, -0.1) is 0 Å². The number of hydrogen-bond acceptors (Lipinski definition) is 3. The van der Waals surface area contributed by atoms with Gasteiger partial charge in [-0.1, -0.05) is 0 Å². The lowest BCUT2D eigenvalue weighted by molar-refractivity contribution is -0.207. The predicted molar refractivity (Wildman–Crippen MR) is 67.7 cm³/mol. The van der Waals surface area contributed by atoms with Gasteiger partial charge in [0, 0.05) is 0 Å². The zero-order chi connectivity index (χ0) is 16.5. The second-order valence-corrected chi connectivity index (χ2v) is 6.32. The number of halogens is 3. The number of alkyl halides is 3. The van der Waals surface area contributed by atoms with Crippen LogP contribution >= 0.6 is 0 Å². The summed E-state index contributed by atoms with van der Waals surface area (Å²) in [6.07, 6.45) is -7.00. The van der Waals surface area contributed by atoms with Gasteiger partial charge < -0.3 is 15.2 Å². The highest BCUT2D eigenvalue weighted by molar-refractivity contribution is 5.71. The Bertz CT molecular complexity index is 407. The monoisotopic (exact) mass is 311 g/mol. The number of amides is 1. The van der Waals surface area contributed by atoms with Crippen LogP contribution in [0.15, 0.2) is 0 Å². The first-order chi connectivity index (χ1) is 9.36. The van der Waals surface area contributed by atoms with Gasteiger partial charge in [-0.25, -0.2) is 4.79 Å². The molecule has 0 aromatic rings. The Balaban J connectivity index is 2.84. The third-order valence-corrected chi connectivity index (χ3v) is 3.47. The number of alkyl carbamates (subject to hydrolysis) is 1. The van der Waals surface area contributed by atoms with E-state index >= 15 is 0 Å². The van der Waals surface area contributed by atoms with E-state index < -0.39 is 48.1 Å². The zero-order valence-electron chi connectivity index (χ0n) is 12.2. The number of carbonyl (C=O) groups excluding carboxylic acids is 1. The number of carbonyl (C=O) groups is 2. The molecule has 8 heteroatoms. The first kappa shape index (κ1) is 17.6. The number of rotatable bonds is 2. The molecule has 1 amide bonds. The van der Waals surface area contributed by atoms with E-state index in [0.717, 1.165) is 0 Å². The van der Waals surface area contributed by atoms with Crippen LogP contribution in [0.25, 0.3) is 0 Å². The van der Waals surface area contributed by atoms with Gasteiger partial charge >= 0.3 is 18.2 Å². The first-order valence-corrected chi connectivity index (χ1v) is 6.67. The van der Waals surface area contributed by atoms with Crippen LogP contribution in [0.4, 0.5) is 18.0 Å². The summed E-state index contributed by atoms with van der Waals surface area (Å²) in [6, 6.07) is 0. The third kappa shape index (κ3) is 4.50. The van der Waals surface area contributed by atoms with Gasteiger partial charge in [0.05, 0.1) is 5.92 Å². The van der Waals surface area contributed by atoms with Crippen LogP contribution in [0.5, 0.6) is 0 Å². The fourth-order valence-corrected chi connectivity index (χ4v) is 2.34. The normalized spacial score (nSPS) is 27.0. The quantitative estimate of drug-likeness (QED) is 0.821. The summed E-state index contributed by atoms with van der Waals surface area (Å²) in [5.41, 5.74) is -3.32. The molecule has 0 atom stereocenters. The maximum absolute atomic E-state index is 13.3. The number of ether oxygens (including phenoxy) is 1. The molecule has 0 unspecified atom stereocenters. The maximum atomic E-state index is 13.3. The van der Waals surface area contributed by atoms with E-state index in [4.69, 9.17) is 9.84 Å². The minimum Gasteiger partial charge on any atom is -0.481 e. The third-order valence-electron chi connectivity index (χ3n) is 3.47. The van der Waals surface area contributed by atoms with Crippen molar-refractivity contribution >= 4 is 12.1 Å². The van der Waals surface area contributed by atoms with Crippen molar-refractivity contribution in [3.8, 4) is 0 Å². The van der Waals surface area contributed by atoms with Crippen molar-refractivity contribution < 1.29 is 32.6 Å². The van der Waals surface area contributed by atoms with Gasteiger partial charge in [0.15, 0.2) is 0 Å². The largest absolute Gasteiger partial charge is 0.481 e. The van der Waals surface area contributed by atoms with Gasteiger partial charge in [0.2, 0.25) is 0 Å². The summed E-state index contributed by atoms with van der Waals surface area (Å²) in [7, 11) is 0. The number of nitrogens with one attached hydrogen (secondary N) is 1. The second kappa shape index (κ2) is 5.73. The number of carboxylic acid groups (broad SMARTS) is 1. The van der Waals surface area contributed by atoms with Crippen molar-refractivity contribution in [1.82, 2.24) is 5.32 Å². The van der Waals surface area contributed by atoms with E-state index in [0.29, 0.717) is 0 Å². The van der Waals surface area contributed by atoms with Crippen molar-refractivity contribution in [3.63, 3.8) is 0 Å². The fourth-order valence-electron chi connectivity index (χ4n) is 2.34. The first-order valence-electron chi connectivity index (χ1n) is 6.67. The molecule has 0 heterocycles. The van der Waals surface area contributed by atoms with Gasteiger partial charge in [-0.2, -0.15) is 13.2 Å². The molecule has 1 aliphatic rings. The highest BCUT2D eigenvalue weighted by Gasteiger charge is 2.57. The van der Waals surface area contributed by atoms with Gasteiger partial charge in [0.25, 0.3) is 0 Å². The Morgan fingerprint density at radius 3 is 2.00 bits per heavy atom. The highest BCUT2D eigenvalue weighted by atomic mass is 19.4. The average molecular weight is 311 g/mol. The Labute approximate surface area is 120 Å². The summed E-state index contributed by atoms with van der Waals surface area (Å²) in [5.74, 6) is -1.91. The van der Waals surface area contributed by atoms with Crippen molar-refractivity contribution in [3.05, 3.63) is 0 Å².